The van der Waals surface area contributed by atoms with Gasteiger partial charge in [0.1, 0.15) is 11.6 Å². The lowest BCUT2D eigenvalue weighted by Crippen LogP contribution is -2.26. The normalized spacial score (nSPS) is 11.5. The number of likely N-dealkylation sites (N-methyl/N-ethyl adjacent to an activating group) is 1. The molecule has 0 fully saturated rings. The molecule has 1 aromatic carbocycles. The van der Waals surface area contributed by atoms with Gasteiger partial charge in [-0.25, -0.2) is 0 Å². The molecular weight excluding hydrogens is 391 g/mol. The number of thioether (sulfide) groups is 1. The quantitative estimate of drug-likeness (QED) is 0.538. The number of carbonyl (C=O) groups is 1. The summed E-state index contributed by atoms with van der Waals surface area (Å²) >= 11 is -0.184. The van der Waals surface area contributed by atoms with Crippen molar-refractivity contribution < 1.29 is 18.0 Å². The van der Waals surface area contributed by atoms with E-state index in [1.165, 1.54) is 35.2 Å². The van der Waals surface area contributed by atoms with Crippen molar-refractivity contribution in [2.24, 2.45) is 0 Å². The van der Waals surface area contributed by atoms with Crippen molar-refractivity contribution in [3.8, 4) is 6.07 Å². The van der Waals surface area contributed by atoms with Crippen molar-refractivity contribution >= 4 is 29.6 Å². The number of carbonyl (C=O) groups excluding carboxylic acids is 1. The zero-order chi connectivity index (χ0) is 20.7. The SMILES string of the molecule is CN(CCCc1[nH]nc(N)c1C#N)C(=O)C=Cc1ccc(SC(F)(F)F)cc1. The van der Waals surface area contributed by atoms with E-state index in [0.29, 0.717) is 36.2 Å². The Morgan fingerprint density at radius 3 is 2.68 bits per heavy atom. The molecule has 0 bridgehead atoms. The van der Waals surface area contributed by atoms with E-state index < -0.39 is 5.51 Å². The van der Waals surface area contributed by atoms with E-state index >= 15 is 0 Å². The summed E-state index contributed by atoms with van der Waals surface area (Å²) in [4.78, 5) is 13.7. The van der Waals surface area contributed by atoms with Crippen molar-refractivity contribution in [3.05, 3.63) is 47.2 Å². The van der Waals surface area contributed by atoms with Crippen LogP contribution in [0.1, 0.15) is 23.2 Å². The molecule has 0 spiro atoms. The van der Waals surface area contributed by atoms with Gasteiger partial charge in [0.05, 0.1) is 5.69 Å². The highest BCUT2D eigenvalue weighted by molar-refractivity contribution is 8.00. The van der Waals surface area contributed by atoms with E-state index in [1.54, 1.807) is 13.1 Å². The highest BCUT2D eigenvalue weighted by atomic mass is 32.2. The summed E-state index contributed by atoms with van der Waals surface area (Å²) in [5.41, 5.74) is 2.82. The second kappa shape index (κ2) is 9.32. The average molecular weight is 409 g/mol. The Morgan fingerprint density at radius 1 is 1.39 bits per heavy atom. The van der Waals surface area contributed by atoms with Crippen LogP contribution in [-0.4, -0.2) is 40.1 Å². The van der Waals surface area contributed by atoms with Gasteiger partial charge in [-0.1, -0.05) is 12.1 Å². The summed E-state index contributed by atoms with van der Waals surface area (Å²) in [6, 6.07) is 7.73. The Labute approximate surface area is 164 Å². The Morgan fingerprint density at radius 2 is 2.07 bits per heavy atom. The van der Waals surface area contributed by atoms with Gasteiger partial charge in [-0.2, -0.15) is 23.5 Å². The molecule has 0 saturated heterocycles. The molecule has 0 unspecified atom stereocenters. The molecule has 1 amide bonds. The molecule has 6 nitrogen and oxygen atoms in total. The summed E-state index contributed by atoms with van der Waals surface area (Å²) in [5.74, 6) is -0.0807. The number of aromatic amines is 1. The molecule has 148 valence electrons. The minimum absolute atomic E-state index is 0.0873. The number of anilines is 1. The summed E-state index contributed by atoms with van der Waals surface area (Å²) in [5, 5.41) is 15.5. The van der Waals surface area contributed by atoms with Crippen LogP contribution < -0.4 is 5.73 Å². The summed E-state index contributed by atoms with van der Waals surface area (Å²) in [6.45, 7) is 0.453. The lowest BCUT2D eigenvalue weighted by atomic mass is 10.1. The maximum absolute atomic E-state index is 12.3. The molecule has 1 aromatic heterocycles. The first-order valence-corrected chi connectivity index (χ1v) is 9.03. The number of nitrogen functional groups attached to an aromatic ring is 1. The molecule has 28 heavy (non-hydrogen) atoms. The highest BCUT2D eigenvalue weighted by Gasteiger charge is 2.28. The van der Waals surface area contributed by atoms with Gasteiger partial charge < -0.3 is 10.6 Å². The van der Waals surface area contributed by atoms with Crippen LogP contribution in [0.4, 0.5) is 19.0 Å². The van der Waals surface area contributed by atoms with E-state index in [2.05, 4.69) is 10.2 Å². The molecule has 2 rings (SSSR count). The Hall–Kier alpha value is -2.93. The van der Waals surface area contributed by atoms with Crippen molar-refractivity contribution in [1.82, 2.24) is 15.1 Å². The first kappa shape index (κ1) is 21.4. The number of nitriles is 1. The van der Waals surface area contributed by atoms with E-state index in [9.17, 15) is 18.0 Å². The number of hydrogen-bond donors (Lipinski definition) is 2. The predicted octanol–water partition coefficient (Wildman–Crippen LogP) is 3.58. The van der Waals surface area contributed by atoms with Crippen molar-refractivity contribution in [2.75, 3.05) is 19.3 Å². The third kappa shape index (κ3) is 6.35. The second-order valence-electron chi connectivity index (χ2n) is 5.89. The molecule has 0 radical (unpaired) electrons. The summed E-state index contributed by atoms with van der Waals surface area (Å²) in [7, 11) is 1.64. The Kier molecular flexibility index (Phi) is 7.12. The number of benzene rings is 1. The number of hydrogen-bond acceptors (Lipinski definition) is 5. The summed E-state index contributed by atoms with van der Waals surface area (Å²) in [6.07, 6.45) is 4.04. The van der Waals surface area contributed by atoms with E-state index in [1.807, 2.05) is 6.07 Å². The number of alkyl halides is 3. The smallest absolute Gasteiger partial charge is 0.381 e. The van der Waals surface area contributed by atoms with Gasteiger partial charge in [-0.3, -0.25) is 9.89 Å². The van der Waals surface area contributed by atoms with Crippen LogP contribution in [0.15, 0.2) is 35.2 Å². The number of nitrogens with two attached hydrogens (primary N) is 1. The number of nitrogens with one attached hydrogen (secondary N) is 1. The van der Waals surface area contributed by atoms with Gasteiger partial charge in [0.25, 0.3) is 0 Å². The largest absolute Gasteiger partial charge is 0.446 e. The van der Waals surface area contributed by atoms with Gasteiger partial charge in [-0.05, 0) is 48.4 Å². The van der Waals surface area contributed by atoms with Crippen LogP contribution in [0.5, 0.6) is 0 Å². The number of H-pyrrole nitrogens is 1. The Bertz CT molecular complexity index is 884. The van der Waals surface area contributed by atoms with Gasteiger partial charge >= 0.3 is 5.51 Å². The molecule has 10 heteroatoms. The fraction of sp³-hybridized carbons (Fsp3) is 0.278. The van der Waals surface area contributed by atoms with Crippen LogP contribution in [0.3, 0.4) is 0 Å². The van der Waals surface area contributed by atoms with Gasteiger partial charge in [-0.15, -0.1) is 0 Å². The minimum Gasteiger partial charge on any atom is -0.381 e. The summed E-state index contributed by atoms with van der Waals surface area (Å²) < 4.78 is 36.9. The average Bonchev–Trinajstić information content (AvgIpc) is 2.99. The first-order valence-electron chi connectivity index (χ1n) is 8.21. The maximum Gasteiger partial charge on any atom is 0.446 e. The standard InChI is InChI=1S/C18H18F3N5OS/c1-26(10-2-3-15-14(11-22)17(23)25-24-15)16(27)9-6-12-4-7-13(8-5-12)28-18(19,20)21/h4-9H,2-3,10H2,1H3,(H3,23,24,25). The molecule has 0 saturated carbocycles. The van der Waals surface area contributed by atoms with E-state index in [4.69, 9.17) is 11.0 Å². The molecule has 2 aromatic rings. The van der Waals surface area contributed by atoms with Crippen LogP contribution >= 0.6 is 11.8 Å². The van der Waals surface area contributed by atoms with Crippen LogP contribution in [-0.2, 0) is 11.2 Å². The molecule has 0 aliphatic carbocycles. The fourth-order valence-corrected chi connectivity index (χ4v) is 2.92. The van der Waals surface area contributed by atoms with E-state index in [-0.39, 0.29) is 28.4 Å². The topological polar surface area (TPSA) is 98.8 Å². The van der Waals surface area contributed by atoms with Crippen molar-refractivity contribution in [2.45, 2.75) is 23.2 Å². The second-order valence-corrected chi connectivity index (χ2v) is 7.03. The number of amides is 1. The predicted molar refractivity (Wildman–Crippen MR) is 101 cm³/mol. The number of aryl methyl sites for hydroxylation is 1. The molecule has 3 N–H and O–H groups in total. The van der Waals surface area contributed by atoms with E-state index in [0.717, 1.165) is 0 Å². The Balaban J connectivity index is 1.83. The highest BCUT2D eigenvalue weighted by Crippen LogP contribution is 2.36. The minimum atomic E-state index is -4.33. The lowest BCUT2D eigenvalue weighted by Gasteiger charge is -2.14. The third-order valence-corrected chi connectivity index (χ3v) is 4.55. The molecule has 0 aliphatic rings. The molecule has 1 heterocycles. The van der Waals surface area contributed by atoms with Crippen molar-refractivity contribution in [3.63, 3.8) is 0 Å². The van der Waals surface area contributed by atoms with Crippen LogP contribution in [0.25, 0.3) is 6.08 Å². The van der Waals surface area contributed by atoms with Crippen LogP contribution in [0, 0.1) is 11.3 Å². The molecule has 0 aliphatic heterocycles. The molecule has 0 atom stereocenters. The number of rotatable bonds is 7. The number of halogens is 3. The first-order chi connectivity index (χ1) is 13.2. The zero-order valence-corrected chi connectivity index (χ0v) is 15.8. The fourth-order valence-electron chi connectivity index (χ4n) is 2.38. The number of nitrogens with zero attached hydrogens (tertiary/aromatic N) is 3. The number of aromatic nitrogens is 2. The zero-order valence-electron chi connectivity index (χ0n) is 15.0. The van der Waals surface area contributed by atoms with Gasteiger partial charge in [0, 0.05) is 24.6 Å². The third-order valence-electron chi connectivity index (χ3n) is 3.81. The van der Waals surface area contributed by atoms with Crippen molar-refractivity contribution in [1.29, 1.82) is 5.26 Å². The monoisotopic (exact) mass is 409 g/mol. The maximum atomic E-state index is 12.3. The van der Waals surface area contributed by atoms with Crippen LogP contribution in [0.2, 0.25) is 0 Å². The van der Waals surface area contributed by atoms with Gasteiger partial charge in [0.15, 0.2) is 5.82 Å². The van der Waals surface area contributed by atoms with Gasteiger partial charge in [0.2, 0.25) is 5.91 Å². The lowest BCUT2D eigenvalue weighted by molar-refractivity contribution is -0.124. The molecular formula is C18H18F3N5OS.